The number of nitro benzene ring substituents is 1. The molecular formula is C11H14BrN3O2. The van der Waals surface area contributed by atoms with E-state index in [0.29, 0.717) is 11.0 Å². The number of nitrogens with zero attached hydrogens (tertiary/aromatic N) is 2. The topological polar surface area (TPSA) is 72.4 Å². The van der Waals surface area contributed by atoms with E-state index in [1.807, 2.05) is 6.07 Å². The first-order valence-electron chi connectivity index (χ1n) is 5.47. The largest absolute Gasteiger partial charge is 0.326 e. The van der Waals surface area contributed by atoms with Crippen LogP contribution in [-0.2, 0) is 6.54 Å². The van der Waals surface area contributed by atoms with Gasteiger partial charge in [-0.05, 0) is 27.9 Å². The van der Waals surface area contributed by atoms with Gasteiger partial charge in [-0.2, -0.15) is 0 Å². The van der Waals surface area contributed by atoms with Crippen LogP contribution in [0.25, 0.3) is 0 Å². The van der Waals surface area contributed by atoms with Crippen molar-refractivity contribution in [2.45, 2.75) is 19.0 Å². The summed E-state index contributed by atoms with van der Waals surface area (Å²) in [5.41, 5.74) is 6.89. The van der Waals surface area contributed by atoms with Crippen LogP contribution in [0.1, 0.15) is 12.0 Å². The lowest BCUT2D eigenvalue weighted by molar-refractivity contribution is -0.385. The second-order valence-corrected chi connectivity index (χ2v) is 5.08. The lowest BCUT2D eigenvalue weighted by atomic mass is 10.2. The van der Waals surface area contributed by atoms with Gasteiger partial charge < -0.3 is 5.73 Å². The average Bonchev–Trinajstić information content (AvgIpc) is 2.67. The molecule has 2 rings (SSSR count). The Morgan fingerprint density at radius 2 is 2.35 bits per heavy atom. The van der Waals surface area contributed by atoms with Crippen LogP contribution in [0, 0.1) is 10.1 Å². The van der Waals surface area contributed by atoms with Crippen molar-refractivity contribution >= 4 is 21.6 Å². The zero-order valence-electron chi connectivity index (χ0n) is 9.30. The minimum atomic E-state index is -0.372. The average molecular weight is 300 g/mol. The van der Waals surface area contributed by atoms with Crippen molar-refractivity contribution in [2.24, 2.45) is 5.73 Å². The van der Waals surface area contributed by atoms with Crippen LogP contribution >= 0.6 is 15.9 Å². The second kappa shape index (κ2) is 5.12. The van der Waals surface area contributed by atoms with Crippen LogP contribution < -0.4 is 5.73 Å². The van der Waals surface area contributed by atoms with Gasteiger partial charge in [-0.15, -0.1) is 0 Å². The van der Waals surface area contributed by atoms with Crippen LogP contribution in [0.3, 0.4) is 0 Å². The van der Waals surface area contributed by atoms with Crippen LogP contribution in [-0.4, -0.2) is 29.0 Å². The third-order valence-corrected chi connectivity index (χ3v) is 3.87. The Hall–Kier alpha value is -0.980. The Kier molecular flexibility index (Phi) is 3.76. The first-order valence-corrected chi connectivity index (χ1v) is 6.27. The van der Waals surface area contributed by atoms with Crippen LogP contribution in [0.5, 0.6) is 0 Å². The lowest BCUT2D eigenvalue weighted by Gasteiger charge is -2.15. The summed E-state index contributed by atoms with van der Waals surface area (Å²) >= 11 is 3.30. The van der Waals surface area contributed by atoms with Gasteiger partial charge >= 0.3 is 0 Å². The highest BCUT2D eigenvalue weighted by molar-refractivity contribution is 9.10. The SMILES string of the molecule is NC1CCN(Cc2cccc([N+](=O)[O-])c2Br)C1. The Morgan fingerprint density at radius 3 is 2.94 bits per heavy atom. The summed E-state index contributed by atoms with van der Waals surface area (Å²) in [5.74, 6) is 0. The molecule has 1 saturated heterocycles. The predicted molar refractivity (Wildman–Crippen MR) is 68.7 cm³/mol. The number of hydrogen-bond donors (Lipinski definition) is 1. The van der Waals surface area contributed by atoms with Crippen LogP contribution in [0.15, 0.2) is 22.7 Å². The number of benzene rings is 1. The lowest BCUT2D eigenvalue weighted by Crippen LogP contribution is -2.26. The summed E-state index contributed by atoms with van der Waals surface area (Å²) in [6, 6.07) is 5.35. The molecule has 1 aromatic carbocycles. The van der Waals surface area contributed by atoms with Crippen molar-refractivity contribution in [1.29, 1.82) is 0 Å². The molecule has 6 heteroatoms. The molecule has 0 saturated carbocycles. The summed E-state index contributed by atoms with van der Waals surface area (Å²) in [6.07, 6.45) is 0.993. The van der Waals surface area contributed by atoms with E-state index in [0.717, 1.165) is 25.1 Å². The second-order valence-electron chi connectivity index (χ2n) is 4.29. The zero-order chi connectivity index (χ0) is 12.4. The van der Waals surface area contributed by atoms with Crippen LogP contribution in [0.2, 0.25) is 0 Å². The van der Waals surface area contributed by atoms with Crippen LogP contribution in [0.4, 0.5) is 5.69 Å². The van der Waals surface area contributed by atoms with Gasteiger partial charge in [-0.25, -0.2) is 0 Å². The molecule has 0 spiro atoms. The third kappa shape index (κ3) is 2.83. The van der Waals surface area contributed by atoms with E-state index in [-0.39, 0.29) is 16.7 Å². The zero-order valence-corrected chi connectivity index (χ0v) is 10.9. The molecule has 1 atom stereocenters. The fourth-order valence-corrected chi connectivity index (χ4v) is 2.61. The van der Waals surface area contributed by atoms with Crippen molar-refractivity contribution in [3.63, 3.8) is 0 Å². The number of rotatable bonds is 3. The van der Waals surface area contributed by atoms with E-state index in [4.69, 9.17) is 5.73 Å². The number of halogens is 1. The molecule has 1 fully saturated rings. The molecule has 0 amide bonds. The highest BCUT2D eigenvalue weighted by atomic mass is 79.9. The fourth-order valence-electron chi connectivity index (χ4n) is 2.08. The minimum Gasteiger partial charge on any atom is -0.326 e. The van der Waals surface area contributed by atoms with E-state index in [1.165, 1.54) is 6.07 Å². The molecule has 92 valence electrons. The molecule has 0 aromatic heterocycles. The molecule has 1 aliphatic heterocycles. The van der Waals surface area contributed by atoms with Gasteiger partial charge in [0.2, 0.25) is 0 Å². The monoisotopic (exact) mass is 299 g/mol. The summed E-state index contributed by atoms with van der Waals surface area (Å²) in [6.45, 7) is 2.52. The van der Waals surface area contributed by atoms with Crippen molar-refractivity contribution in [2.75, 3.05) is 13.1 Å². The Morgan fingerprint density at radius 1 is 1.59 bits per heavy atom. The van der Waals surface area contributed by atoms with Crippen molar-refractivity contribution in [3.05, 3.63) is 38.3 Å². The summed E-state index contributed by atoms with van der Waals surface area (Å²) in [7, 11) is 0. The van der Waals surface area contributed by atoms with Crippen molar-refractivity contribution in [3.8, 4) is 0 Å². The third-order valence-electron chi connectivity index (χ3n) is 2.96. The molecule has 0 aliphatic carbocycles. The summed E-state index contributed by atoms with van der Waals surface area (Å²) < 4.78 is 0.575. The van der Waals surface area contributed by atoms with Gasteiger partial charge in [0.05, 0.1) is 9.40 Å². The van der Waals surface area contributed by atoms with Gasteiger partial charge in [0, 0.05) is 31.7 Å². The van der Waals surface area contributed by atoms with E-state index in [1.54, 1.807) is 6.07 Å². The molecule has 2 N–H and O–H groups in total. The smallest absolute Gasteiger partial charge is 0.283 e. The van der Waals surface area contributed by atoms with Crippen molar-refractivity contribution in [1.82, 2.24) is 4.90 Å². The predicted octanol–water partition coefficient (Wildman–Crippen LogP) is 1.89. The van der Waals surface area contributed by atoms with Gasteiger partial charge in [0.1, 0.15) is 0 Å². The maximum Gasteiger partial charge on any atom is 0.283 e. The van der Waals surface area contributed by atoms with Gasteiger partial charge in [-0.1, -0.05) is 12.1 Å². The normalized spacial score (nSPS) is 20.7. The first-order chi connectivity index (χ1) is 8.08. The molecule has 17 heavy (non-hydrogen) atoms. The summed E-state index contributed by atoms with van der Waals surface area (Å²) in [5, 5.41) is 10.8. The molecular weight excluding hydrogens is 286 g/mol. The highest BCUT2D eigenvalue weighted by Gasteiger charge is 2.21. The molecule has 5 nitrogen and oxygen atoms in total. The fraction of sp³-hybridized carbons (Fsp3) is 0.455. The Labute approximate surface area is 108 Å². The van der Waals surface area contributed by atoms with E-state index < -0.39 is 0 Å². The standard InChI is InChI=1S/C11H14BrN3O2/c12-11-8(2-1-3-10(11)15(16)17)6-14-5-4-9(13)7-14/h1-3,9H,4-7,13H2. The number of nitrogens with two attached hydrogens (primary N) is 1. The molecule has 0 radical (unpaired) electrons. The quantitative estimate of drug-likeness (QED) is 0.683. The van der Waals surface area contributed by atoms with E-state index >= 15 is 0 Å². The molecule has 1 aliphatic rings. The van der Waals surface area contributed by atoms with E-state index in [2.05, 4.69) is 20.8 Å². The number of hydrogen-bond acceptors (Lipinski definition) is 4. The molecule has 1 heterocycles. The Bertz CT molecular complexity index is 439. The molecule has 1 aromatic rings. The van der Waals surface area contributed by atoms with Gasteiger partial charge in [0.15, 0.2) is 0 Å². The first kappa shape index (κ1) is 12.5. The highest BCUT2D eigenvalue weighted by Crippen LogP contribution is 2.29. The maximum atomic E-state index is 10.8. The van der Waals surface area contributed by atoms with Crippen molar-refractivity contribution < 1.29 is 4.92 Å². The number of nitro groups is 1. The summed E-state index contributed by atoms with van der Waals surface area (Å²) in [4.78, 5) is 12.7. The molecule has 1 unspecified atom stereocenters. The minimum absolute atomic E-state index is 0.117. The molecule has 0 bridgehead atoms. The number of likely N-dealkylation sites (tertiary alicyclic amines) is 1. The maximum absolute atomic E-state index is 10.8. The Balaban J connectivity index is 2.16. The van der Waals surface area contributed by atoms with Gasteiger partial charge in [-0.3, -0.25) is 15.0 Å². The van der Waals surface area contributed by atoms with Gasteiger partial charge in [0.25, 0.3) is 5.69 Å². The van der Waals surface area contributed by atoms with E-state index in [9.17, 15) is 10.1 Å².